The zero-order valence-electron chi connectivity index (χ0n) is 18.2. The number of nitrogens with zero attached hydrogens (tertiary/aromatic N) is 1. The van der Waals surface area contributed by atoms with Gasteiger partial charge in [-0.05, 0) is 61.1 Å². The van der Waals surface area contributed by atoms with Crippen molar-refractivity contribution in [3.05, 3.63) is 95.6 Å². The summed E-state index contributed by atoms with van der Waals surface area (Å²) in [6.07, 6.45) is 3.35. The monoisotopic (exact) mass is 413 g/mol. The Morgan fingerprint density at radius 3 is 2.29 bits per heavy atom. The molecule has 0 radical (unpaired) electrons. The normalized spacial score (nSPS) is 14.4. The SMILES string of the molecule is Cc1cc(N2CCCC2)ccc1NC(=O)CNC(Cc1ccccc1)c1ccccc1. The number of benzene rings is 3. The highest BCUT2D eigenvalue weighted by Crippen LogP contribution is 2.25. The van der Waals surface area contributed by atoms with Crippen molar-refractivity contribution in [2.45, 2.75) is 32.2 Å². The van der Waals surface area contributed by atoms with Crippen LogP contribution in [0.15, 0.2) is 78.9 Å². The van der Waals surface area contributed by atoms with Crippen LogP contribution in [0.25, 0.3) is 0 Å². The van der Waals surface area contributed by atoms with Gasteiger partial charge in [-0.3, -0.25) is 4.79 Å². The van der Waals surface area contributed by atoms with E-state index in [4.69, 9.17) is 0 Å². The highest BCUT2D eigenvalue weighted by Gasteiger charge is 2.16. The van der Waals surface area contributed by atoms with E-state index in [1.54, 1.807) is 0 Å². The lowest BCUT2D eigenvalue weighted by Gasteiger charge is -2.21. The second kappa shape index (κ2) is 10.3. The van der Waals surface area contributed by atoms with E-state index in [9.17, 15) is 4.79 Å². The van der Waals surface area contributed by atoms with Crippen molar-refractivity contribution in [2.75, 3.05) is 29.9 Å². The predicted octanol–water partition coefficient (Wildman–Crippen LogP) is 5.11. The van der Waals surface area contributed by atoms with Gasteiger partial charge in [-0.2, -0.15) is 0 Å². The van der Waals surface area contributed by atoms with Crippen LogP contribution in [0.2, 0.25) is 0 Å². The molecule has 0 bridgehead atoms. The molecule has 4 rings (SSSR count). The molecule has 1 atom stereocenters. The summed E-state index contributed by atoms with van der Waals surface area (Å²) in [5, 5.41) is 6.54. The third kappa shape index (κ3) is 5.74. The largest absolute Gasteiger partial charge is 0.372 e. The minimum atomic E-state index is -0.0222. The molecule has 1 heterocycles. The number of carbonyl (C=O) groups excluding carboxylic acids is 1. The third-order valence-electron chi connectivity index (χ3n) is 5.95. The van der Waals surface area contributed by atoms with Crippen LogP contribution >= 0.6 is 0 Å². The Kier molecular flexibility index (Phi) is 7.00. The van der Waals surface area contributed by atoms with Gasteiger partial charge in [0, 0.05) is 30.5 Å². The lowest BCUT2D eigenvalue weighted by molar-refractivity contribution is -0.115. The van der Waals surface area contributed by atoms with Crippen molar-refractivity contribution in [1.82, 2.24) is 5.32 Å². The van der Waals surface area contributed by atoms with E-state index in [1.807, 2.05) is 30.3 Å². The Balaban J connectivity index is 1.38. The van der Waals surface area contributed by atoms with Crippen molar-refractivity contribution < 1.29 is 4.79 Å². The summed E-state index contributed by atoms with van der Waals surface area (Å²) in [7, 11) is 0. The molecule has 31 heavy (non-hydrogen) atoms. The lowest BCUT2D eigenvalue weighted by Crippen LogP contribution is -2.32. The Morgan fingerprint density at radius 1 is 0.935 bits per heavy atom. The zero-order valence-corrected chi connectivity index (χ0v) is 18.2. The third-order valence-corrected chi connectivity index (χ3v) is 5.95. The smallest absolute Gasteiger partial charge is 0.238 e. The fourth-order valence-corrected chi connectivity index (χ4v) is 4.21. The van der Waals surface area contributed by atoms with Gasteiger partial charge in [0.1, 0.15) is 0 Å². The Labute approximate surface area is 185 Å². The number of nitrogens with one attached hydrogen (secondary N) is 2. The molecule has 1 saturated heterocycles. The molecule has 0 aliphatic carbocycles. The molecule has 2 N–H and O–H groups in total. The summed E-state index contributed by atoms with van der Waals surface area (Å²) >= 11 is 0. The summed E-state index contributed by atoms with van der Waals surface area (Å²) in [5.74, 6) is -0.0222. The summed E-state index contributed by atoms with van der Waals surface area (Å²) in [6.45, 7) is 4.57. The summed E-state index contributed by atoms with van der Waals surface area (Å²) in [4.78, 5) is 15.1. The zero-order chi connectivity index (χ0) is 21.5. The van der Waals surface area contributed by atoms with E-state index in [0.29, 0.717) is 0 Å². The van der Waals surface area contributed by atoms with Gasteiger partial charge in [0.2, 0.25) is 5.91 Å². The quantitative estimate of drug-likeness (QED) is 0.540. The first-order chi connectivity index (χ1) is 15.2. The van der Waals surface area contributed by atoms with Gasteiger partial charge in [-0.15, -0.1) is 0 Å². The molecule has 0 spiro atoms. The highest BCUT2D eigenvalue weighted by atomic mass is 16.1. The molecule has 1 amide bonds. The predicted molar refractivity (Wildman–Crippen MR) is 129 cm³/mol. The minimum absolute atomic E-state index is 0.0222. The van der Waals surface area contributed by atoms with Crippen LogP contribution in [-0.4, -0.2) is 25.5 Å². The summed E-state index contributed by atoms with van der Waals surface area (Å²) in [6, 6.07) is 27.1. The first-order valence-corrected chi connectivity index (χ1v) is 11.2. The summed E-state index contributed by atoms with van der Waals surface area (Å²) < 4.78 is 0. The molecule has 4 heteroatoms. The molecule has 1 unspecified atom stereocenters. The van der Waals surface area contributed by atoms with Gasteiger partial charge in [0.25, 0.3) is 0 Å². The van der Waals surface area contributed by atoms with Crippen molar-refractivity contribution in [3.8, 4) is 0 Å². The van der Waals surface area contributed by atoms with Gasteiger partial charge in [0.05, 0.1) is 6.54 Å². The van der Waals surface area contributed by atoms with Gasteiger partial charge >= 0.3 is 0 Å². The van der Waals surface area contributed by atoms with Gasteiger partial charge in [-0.1, -0.05) is 60.7 Å². The van der Waals surface area contributed by atoms with E-state index >= 15 is 0 Å². The van der Waals surface area contributed by atoms with Gasteiger partial charge in [-0.25, -0.2) is 0 Å². The molecule has 160 valence electrons. The lowest BCUT2D eigenvalue weighted by atomic mass is 9.99. The number of hydrogen-bond donors (Lipinski definition) is 2. The summed E-state index contributed by atoms with van der Waals surface area (Å²) in [5.41, 5.74) is 5.66. The van der Waals surface area contributed by atoms with E-state index in [2.05, 4.69) is 71.0 Å². The Hall–Kier alpha value is -3.11. The van der Waals surface area contributed by atoms with Crippen molar-refractivity contribution in [2.24, 2.45) is 0 Å². The molecule has 1 aliphatic heterocycles. The van der Waals surface area contributed by atoms with E-state index in [1.165, 1.54) is 29.7 Å². The second-order valence-electron chi connectivity index (χ2n) is 8.28. The minimum Gasteiger partial charge on any atom is -0.372 e. The van der Waals surface area contributed by atoms with Crippen LogP contribution in [0.3, 0.4) is 0 Å². The number of aryl methyl sites for hydroxylation is 1. The van der Waals surface area contributed by atoms with E-state index in [0.717, 1.165) is 30.8 Å². The molecule has 0 aromatic heterocycles. The fourth-order valence-electron chi connectivity index (χ4n) is 4.21. The van der Waals surface area contributed by atoms with Gasteiger partial charge in [0.15, 0.2) is 0 Å². The number of hydrogen-bond acceptors (Lipinski definition) is 3. The number of amides is 1. The first kappa shape index (κ1) is 21.1. The maximum atomic E-state index is 12.7. The van der Waals surface area contributed by atoms with Crippen LogP contribution in [0.4, 0.5) is 11.4 Å². The molecular formula is C27H31N3O. The second-order valence-corrected chi connectivity index (χ2v) is 8.28. The highest BCUT2D eigenvalue weighted by molar-refractivity contribution is 5.93. The molecule has 3 aromatic carbocycles. The fraction of sp³-hybridized carbons (Fsp3) is 0.296. The molecule has 1 aliphatic rings. The van der Waals surface area contributed by atoms with Crippen LogP contribution in [-0.2, 0) is 11.2 Å². The maximum Gasteiger partial charge on any atom is 0.238 e. The Morgan fingerprint density at radius 2 is 1.61 bits per heavy atom. The molecule has 3 aromatic rings. The van der Waals surface area contributed by atoms with Crippen LogP contribution in [0.1, 0.15) is 35.6 Å². The van der Waals surface area contributed by atoms with Gasteiger partial charge < -0.3 is 15.5 Å². The molecule has 4 nitrogen and oxygen atoms in total. The Bertz CT molecular complexity index is 982. The standard InChI is InChI=1S/C27H31N3O/c1-21-18-24(30-16-8-9-17-30)14-15-25(21)29-27(31)20-28-26(23-12-6-3-7-13-23)19-22-10-4-2-5-11-22/h2-7,10-15,18,26,28H,8-9,16-17,19-20H2,1H3,(H,29,31). The van der Waals surface area contributed by atoms with Crippen molar-refractivity contribution in [1.29, 1.82) is 0 Å². The average Bonchev–Trinajstić information content (AvgIpc) is 3.34. The van der Waals surface area contributed by atoms with E-state index in [-0.39, 0.29) is 18.5 Å². The molecule has 0 saturated carbocycles. The maximum absolute atomic E-state index is 12.7. The number of anilines is 2. The topological polar surface area (TPSA) is 44.4 Å². The average molecular weight is 414 g/mol. The van der Waals surface area contributed by atoms with Crippen LogP contribution < -0.4 is 15.5 Å². The number of carbonyl (C=O) groups is 1. The van der Waals surface area contributed by atoms with Crippen molar-refractivity contribution >= 4 is 17.3 Å². The van der Waals surface area contributed by atoms with Crippen LogP contribution in [0, 0.1) is 6.92 Å². The van der Waals surface area contributed by atoms with E-state index < -0.39 is 0 Å². The van der Waals surface area contributed by atoms with Crippen molar-refractivity contribution in [3.63, 3.8) is 0 Å². The molecular weight excluding hydrogens is 382 g/mol. The first-order valence-electron chi connectivity index (χ1n) is 11.2. The number of rotatable bonds is 8. The molecule has 1 fully saturated rings. The van der Waals surface area contributed by atoms with Crippen LogP contribution in [0.5, 0.6) is 0 Å².